The zero-order valence-electron chi connectivity index (χ0n) is 27.6. The first-order valence-electron chi connectivity index (χ1n) is 15.4. The minimum atomic E-state index is -1.03. The highest BCUT2D eigenvalue weighted by Gasteiger charge is 2.35. The zero-order valence-corrected chi connectivity index (χ0v) is 28.4. The molecule has 0 radical (unpaired) electrons. The van der Waals surface area contributed by atoms with Gasteiger partial charge in [0.1, 0.15) is 11.6 Å². The molecule has 0 saturated carbocycles. The Balaban J connectivity index is 1.90. The molecule has 2 amide bonds. The Labute approximate surface area is 276 Å². The van der Waals surface area contributed by atoms with E-state index in [-0.39, 0.29) is 70.6 Å². The molecule has 0 spiro atoms. The summed E-state index contributed by atoms with van der Waals surface area (Å²) >= 11 is 6.83. The second-order valence-electron chi connectivity index (χ2n) is 12.5. The van der Waals surface area contributed by atoms with E-state index < -0.39 is 23.6 Å². The largest absolute Gasteiger partial charge is 0.465 e. The molecule has 4 heterocycles. The predicted molar refractivity (Wildman–Crippen MR) is 179 cm³/mol. The van der Waals surface area contributed by atoms with Crippen LogP contribution in [-0.4, -0.2) is 78.7 Å². The standard InChI is InChI=1S/C33H38ClFN8O4/c1-16(2)25-28(26(17(3)4)38-31(37-25)40(8)20(7)44)43-30-22(13-23(34)27(36-30)21-11-9-10-12-24(21)35)29(39-32(43)45)41-14-19(6)42(33(46)47)15-18(41)5/h9-13,16-19H,14-15H2,1-8H3,(H,46,47)/t18-,19+/m0/s1. The number of carboxylic acid groups (broad SMARTS) is 1. The Morgan fingerprint density at radius 1 is 1.00 bits per heavy atom. The summed E-state index contributed by atoms with van der Waals surface area (Å²) in [5.41, 5.74) is 1.11. The molecular formula is C33H38ClFN8O4. The molecule has 1 aliphatic rings. The Morgan fingerprint density at radius 3 is 2.17 bits per heavy atom. The molecule has 4 aromatic rings. The third-order valence-electron chi connectivity index (χ3n) is 8.45. The third kappa shape index (κ3) is 6.11. The van der Waals surface area contributed by atoms with Crippen LogP contribution in [0.25, 0.3) is 28.0 Å². The van der Waals surface area contributed by atoms with Gasteiger partial charge in [0, 0.05) is 44.7 Å². The van der Waals surface area contributed by atoms with Crippen molar-refractivity contribution in [3.05, 3.63) is 63.0 Å². The fourth-order valence-electron chi connectivity index (χ4n) is 5.86. The summed E-state index contributed by atoms with van der Waals surface area (Å²) in [5.74, 6) is -0.775. The van der Waals surface area contributed by atoms with Crippen molar-refractivity contribution in [1.29, 1.82) is 0 Å². The molecule has 248 valence electrons. The van der Waals surface area contributed by atoms with E-state index in [0.717, 1.165) is 0 Å². The lowest BCUT2D eigenvalue weighted by Gasteiger charge is -2.43. The van der Waals surface area contributed by atoms with Gasteiger partial charge >= 0.3 is 11.8 Å². The van der Waals surface area contributed by atoms with E-state index in [1.807, 2.05) is 39.5 Å². The number of benzene rings is 1. The third-order valence-corrected chi connectivity index (χ3v) is 8.74. The summed E-state index contributed by atoms with van der Waals surface area (Å²) in [6, 6.07) is 6.97. The molecule has 0 bridgehead atoms. The number of nitrogens with zero attached hydrogens (tertiary/aromatic N) is 8. The molecule has 1 fully saturated rings. The van der Waals surface area contributed by atoms with Gasteiger partial charge < -0.3 is 14.9 Å². The minimum Gasteiger partial charge on any atom is -0.465 e. The summed E-state index contributed by atoms with van der Waals surface area (Å²) in [4.78, 5) is 62.1. The quantitative estimate of drug-likeness (QED) is 0.270. The van der Waals surface area contributed by atoms with Crippen molar-refractivity contribution >= 4 is 46.4 Å². The van der Waals surface area contributed by atoms with Crippen LogP contribution >= 0.6 is 11.6 Å². The van der Waals surface area contributed by atoms with Crippen molar-refractivity contribution in [1.82, 2.24) is 29.4 Å². The maximum Gasteiger partial charge on any atom is 0.407 e. The van der Waals surface area contributed by atoms with Gasteiger partial charge in [-0.05, 0) is 43.9 Å². The molecule has 1 aliphatic heterocycles. The highest BCUT2D eigenvalue weighted by Crippen LogP contribution is 2.37. The number of carbonyl (C=O) groups excluding carboxylic acids is 1. The molecule has 1 saturated heterocycles. The second kappa shape index (κ2) is 12.9. The average molecular weight is 665 g/mol. The number of aromatic nitrogens is 5. The molecule has 12 nitrogen and oxygen atoms in total. The van der Waals surface area contributed by atoms with Gasteiger partial charge in [0.2, 0.25) is 11.9 Å². The van der Waals surface area contributed by atoms with Gasteiger partial charge in [0.15, 0.2) is 5.65 Å². The van der Waals surface area contributed by atoms with Crippen molar-refractivity contribution in [2.24, 2.45) is 0 Å². The van der Waals surface area contributed by atoms with Gasteiger partial charge in [-0.25, -0.2) is 33.5 Å². The van der Waals surface area contributed by atoms with Crippen molar-refractivity contribution in [2.45, 2.75) is 72.4 Å². The molecule has 0 unspecified atom stereocenters. The predicted octanol–water partition coefficient (Wildman–Crippen LogP) is 5.84. The Kier molecular flexibility index (Phi) is 9.22. The lowest BCUT2D eigenvalue weighted by Crippen LogP contribution is -2.58. The first-order valence-corrected chi connectivity index (χ1v) is 15.8. The Bertz CT molecular complexity index is 1920. The minimum absolute atomic E-state index is 0.130. The lowest BCUT2D eigenvalue weighted by molar-refractivity contribution is -0.116. The molecule has 1 N–H and O–H groups in total. The van der Waals surface area contributed by atoms with Crippen LogP contribution in [0.15, 0.2) is 35.1 Å². The van der Waals surface area contributed by atoms with Crippen LogP contribution in [0.5, 0.6) is 0 Å². The van der Waals surface area contributed by atoms with Crippen LogP contribution in [0, 0.1) is 5.82 Å². The number of amides is 2. The number of hydrogen-bond donors (Lipinski definition) is 1. The number of anilines is 2. The van der Waals surface area contributed by atoms with Crippen molar-refractivity contribution < 1.29 is 19.1 Å². The molecule has 5 rings (SSSR count). The topological polar surface area (TPSA) is 138 Å². The number of hydrogen-bond acceptors (Lipinski definition) is 8. The van der Waals surface area contributed by atoms with E-state index in [1.54, 1.807) is 38.2 Å². The number of piperazine rings is 1. The van der Waals surface area contributed by atoms with E-state index in [4.69, 9.17) is 26.6 Å². The van der Waals surface area contributed by atoms with Crippen molar-refractivity contribution in [3.63, 3.8) is 0 Å². The SMILES string of the molecule is CC(=O)N(C)c1nc(C(C)C)c(-n2c(=O)nc(N3C[C@@H](C)N(C(=O)O)C[C@@H]3C)c3cc(Cl)c(-c4ccccc4F)nc32)c(C(C)C)n1. The molecule has 14 heteroatoms. The smallest absolute Gasteiger partial charge is 0.407 e. The highest BCUT2D eigenvalue weighted by molar-refractivity contribution is 6.33. The maximum absolute atomic E-state index is 15.2. The van der Waals surface area contributed by atoms with E-state index in [2.05, 4.69) is 4.98 Å². The molecule has 3 aromatic heterocycles. The van der Waals surface area contributed by atoms with E-state index in [1.165, 1.54) is 27.4 Å². The van der Waals surface area contributed by atoms with Gasteiger partial charge in [-0.15, -0.1) is 0 Å². The zero-order chi connectivity index (χ0) is 34.5. The van der Waals surface area contributed by atoms with Gasteiger partial charge in [-0.2, -0.15) is 4.98 Å². The Morgan fingerprint density at radius 2 is 1.62 bits per heavy atom. The van der Waals surface area contributed by atoms with Gasteiger partial charge in [-0.1, -0.05) is 51.4 Å². The number of rotatable bonds is 6. The van der Waals surface area contributed by atoms with Crippen LogP contribution in [-0.2, 0) is 4.79 Å². The number of halogens is 2. The molecule has 1 aromatic carbocycles. The number of carbonyl (C=O) groups is 2. The lowest BCUT2D eigenvalue weighted by atomic mass is 10.0. The summed E-state index contributed by atoms with van der Waals surface area (Å²) in [5, 5.41) is 10.3. The fraction of sp³-hybridized carbons (Fsp3) is 0.424. The summed E-state index contributed by atoms with van der Waals surface area (Å²) in [6.07, 6.45) is -1.03. The first kappa shape index (κ1) is 33.7. The maximum atomic E-state index is 15.2. The highest BCUT2D eigenvalue weighted by atomic mass is 35.5. The van der Waals surface area contributed by atoms with Gasteiger partial charge in [-0.3, -0.25) is 9.69 Å². The van der Waals surface area contributed by atoms with Crippen LogP contribution in [0.1, 0.15) is 71.7 Å². The van der Waals surface area contributed by atoms with Gasteiger partial charge in [0.05, 0.1) is 33.2 Å². The van der Waals surface area contributed by atoms with E-state index in [0.29, 0.717) is 22.5 Å². The normalized spacial score (nSPS) is 16.8. The average Bonchev–Trinajstić information content (AvgIpc) is 3.00. The van der Waals surface area contributed by atoms with E-state index in [9.17, 15) is 19.5 Å². The van der Waals surface area contributed by atoms with Crippen LogP contribution in [0.3, 0.4) is 0 Å². The number of fused-ring (bicyclic) bond motifs is 1. The second-order valence-corrected chi connectivity index (χ2v) is 12.9. The summed E-state index contributed by atoms with van der Waals surface area (Å²) in [6.45, 7) is 13.2. The molecular weight excluding hydrogens is 627 g/mol. The van der Waals surface area contributed by atoms with Crippen molar-refractivity contribution in [2.75, 3.05) is 29.9 Å². The fourth-order valence-corrected chi connectivity index (χ4v) is 6.11. The molecule has 0 aliphatic carbocycles. The Hall–Kier alpha value is -4.65. The monoisotopic (exact) mass is 664 g/mol. The van der Waals surface area contributed by atoms with E-state index >= 15 is 4.39 Å². The molecule has 2 atom stereocenters. The summed E-state index contributed by atoms with van der Waals surface area (Å²) in [7, 11) is 1.58. The first-order chi connectivity index (χ1) is 22.1. The number of pyridine rings is 1. The van der Waals surface area contributed by atoms with Crippen molar-refractivity contribution in [3.8, 4) is 16.9 Å². The van der Waals surface area contributed by atoms with Crippen LogP contribution in [0.4, 0.5) is 21.0 Å². The van der Waals surface area contributed by atoms with Gasteiger partial charge in [0.25, 0.3) is 0 Å². The summed E-state index contributed by atoms with van der Waals surface area (Å²) < 4.78 is 16.5. The van der Waals surface area contributed by atoms with Crippen LogP contribution in [0.2, 0.25) is 5.02 Å². The molecule has 47 heavy (non-hydrogen) atoms. The van der Waals surface area contributed by atoms with Crippen LogP contribution < -0.4 is 15.5 Å².